The summed E-state index contributed by atoms with van der Waals surface area (Å²) in [7, 11) is 0. The van der Waals surface area contributed by atoms with Crippen LogP contribution in [0.5, 0.6) is 0 Å². The van der Waals surface area contributed by atoms with E-state index in [1.165, 1.54) is 17.2 Å². The normalized spacial score (nSPS) is 9.00. The Bertz CT molecular complexity index is 157. The number of thiazole rings is 1. The van der Waals surface area contributed by atoms with E-state index in [-0.39, 0.29) is 0 Å². The molecule has 0 aliphatic heterocycles. The van der Waals surface area contributed by atoms with E-state index in [0.717, 1.165) is 4.34 Å². The van der Waals surface area contributed by atoms with Gasteiger partial charge in [-0.2, -0.15) is 0 Å². The Morgan fingerprint density at radius 3 is 3.25 bits per heavy atom. The summed E-state index contributed by atoms with van der Waals surface area (Å²) in [6.45, 7) is 5.12. The Kier molecular flexibility index (Phi) is 2.11. The molecule has 8 heavy (non-hydrogen) atoms. The van der Waals surface area contributed by atoms with Gasteiger partial charge in [0.1, 0.15) is 0 Å². The molecule has 0 atom stereocenters. The fourth-order valence-corrected chi connectivity index (χ4v) is 1.48. The van der Waals surface area contributed by atoms with Gasteiger partial charge in [0.25, 0.3) is 0 Å². The van der Waals surface area contributed by atoms with E-state index in [1.54, 1.807) is 17.5 Å². The monoisotopic (exact) mass is 142 g/mol. The Morgan fingerprint density at radius 2 is 2.75 bits per heavy atom. The molecule has 0 amide bonds. The van der Waals surface area contributed by atoms with Crippen molar-refractivity contribution in [2.24, 2.45) is 0 Å². The van der Waals surface area contributed by atoms with E-state index in [1.807, 2.05) is 5.38 Å². The highest BCUT2D eigenvalue weighted by molar-refractivity contribution is 8.03. The van der Waals surface area contributed by atoms with Gasteiger partial charge < -0.3 is 0 Å². The van der Waals surface area contributed by atoms with Gasteiger partial charge in [-0.3, -0.25) is 0 Å². The van der Waals surface area contributed by atoms with Crippen LogP contribution < -0.4 is 0 Å². The maximum atomic E-state index is 5.12. The van der Waals surface area contributed by atoms with Crippen molar-refractivity contribution < 1.29 is 0 Å². The largest absolute Gasteiger partial charge is 0.238 e. The van der Waals surface area contributed by atoms with Gasteiger partial charge in [0, 0.05) is 11.6 Å². The lowest BCUT2D eigenvalue weighted by Crippen LogP contribution is -1.56. The highest BCUT2D eigenvalue weighted by Crippen LogP contribution is 2.19. The Morgan fingerprint density at radius 1 is 1.88 bits per heavy atom. The minimum Gasteiger partial charge on any atom is -0.238 e. The topological polar surface area (TPSA) is 12.9 Å². The zero-order chi connectivity index (χ0) is 5.82. The third-order valence-electron chi connectivity index (χ3n) is 0.579. The maximum Gasteiger partial charge on any atom is 0.153 e. The third-order valence-corrected chi connectivity index (χ3v) is 2.16. The molecule has 0 N–H and O–H groups in total. The lowest BCUT2D eigenvalue weighted by atomic mass is 11.0. The zero-order valence-electron chi connectivity index (χ0n) is 4.07. The zero-order valence-corrected chi connectivity index (χ0v) is 5.71. The summed E-state index contributed by atoms with van der Waals surface area (Å²) in [6, 6.07) is 0. The average molecular weight is 142 g/mol. The second kappa shape index (κ2) is 2.89. The molecule has 1 nitrogen and oxygen atoms in total. The molecule has 0 saturated carbocycles. The predicted molar refractivity (Wildman–Crippen MR) is 36.8 cm³/mol. The SMILES string of the molecule is [CH]=CSc1nccs1. The Balaban J connectivity index is 2.62. The first kappa shape index (κ1) is 5.85. The Hall–Kier alpha value is -0.280. The van der Waals surface area contributed by atoms with E-state index in [9.17, 15) is 0 Å². The molecule has 0 aliphatic rings. The van der Waals surface area contributed by atoms with Crippen LogP contribution in [0.2, 0.25) is 0 Å². The van der Waals surface area contributed by atoms with E-state index >= 15 is 0 Å². The van der Waals surface area contributed by atoms with Crippen LogP contribution in [-0.4, -0.2) is 4.98 Å². The summed E-state index contributed by atoms with van der Waals surface area (Å²) in [5, 5.41) is 3.45. The van der Waals surface area contributed by atoms with Crippen molar-refractivity contribution in [2.75, 3.05) is 0 Å². The van der Waals surface area contributed by atoms with Crippen LogP contribution in [0.4, 0.5) is 0 Å². The lowest BCUT2D eigenvalue weighted by Gasteiger charge is -1.79. The van der Waals surface area contributed by atoms with Crippen molar-refractivity contribution in [2.45, 2.75) is 4.34 Å². The van der Waals surface area contributed by atoms with Gasteiger partial charge in [-0.25, -0.2) is 4.98 Å². The molecule has 0 aliphatic carbocycles. The van der Waals surface area contributed by atoms with Crippen molar-refractivity contribution in [3.05, 3.63) is 23.6 Å². The van der Waals surface area contributed by atoms with E-state index < -0.39 is 0 Å². The fraction of sp³-hybridized carbons (Fsp3) is 0. The standard InChI is InChI=1S/C5H4NS2/c1-2-7-5-6-3-4-8-5/h1-4H. The molecule has 41 valence electrons. The number of rotatable bonds is 2. The van der Waals surface area contributed by atoms with Crippen molar-refractivity contribution >= 4 is 23.1 Å². The first-order chi connectivity index (χ1) is 3.93. The molecule has 3 heteroatoms. The van der Waals surface area contributed by atoms with Gasteiger partial charge in [-0.15, -0.1) is 11.3 Å². The number of hydrogen-bond acceptors (Lipinski definition) is 3. The molecule has 0 aromatic carbocycles. The molecule has 0 fully saturated rings. The summed E-state index contributed by atoms with van der Waals surface area (Å²) >= 11 is 3.03. The first-order valence-electron chi connectivity index (χ1n) is 2.03. The van der Waals surface area contributed by atoms with E-state index in [0.29, 0.717) is 0 Å². The van der Waals surface area contributed by atoms with Crippen LogP contribution in [-0.2, 0) is 0 Å². The smallest absolute Gasteiger partial charge is 0.153 e. The van der Waals surface area contributed by atoms with E-state index in [4.69, 9.17) is 6.58 Å². The second-order valence-corrected chi connectivity index (χ2v) is 3.10. The van der Waals surface area contributed by atoms with Crippen LogP contribution in [0.15, 0.2) is 21.3 Å². The van der Waals surface area contributed by atoms with Crippen molar-refractivity contribution in [1.82, 2.24) is 4.98 Å². The lowest BCUT2D eigenvalue weighted by molar-refractivity contribution is 1.26. The van der Waals surface area contributed by atoms with Crippen LogP contribution in [0.3, 0.4) is 0 Å². The van der Waals surface area contributed by atoms with Crippen molar-refractivity contribution in [1.29, 1.82) is 0 Å². The van der Waals surface area contributed by atoms with Crippen LogP contribution in [0.1, 0.15) is 0 Å². The van der Waals surface area contributed by atoms with Crippen molar-refractivity contribution in [3.63, 3.8) is 0 Å². The van der Waals surface area contributed by atoms with Gasteiger partial charge in [0.05, 0.1) is 0 Å². The number of hydrogen-bond donors (Lipinski definition) is 0. The van der Waals surface area contributed by atoms with Gasteiger partial charge in [-0.1, -0.05) is 18.3 Å². The summed E-state index contributed by atoms with van der Waals surface area (Å²) in [5.41, 5.74) is 0. The molecule has 0 bridgehead atoms. The van der Waals surface area contributed by atoms with Gasteiger partial charge in [0.15, 0.2) is 4.34 Å². The summed E-state index contributed by atoms with van der Waals surface area (Å²) in [5.74, 6) is 0. The molecule has 1 aromatic rings. The van der Waals surface area contributed by atoms with Gasteiger partial charge in [0.2, 0.25) is 0 Å². The predicted octanol–water partition coefficient (Wildman–Crippen LogP) is 2.18. The van der Waals surface area contributed by atoms with Crippen LogP contribution >= 0.6 is 23.1 Å². The minimum absolute atomic E-state index is 0.993. The molecule has 1 aromatic heterocycles. The summed E-state index contributed by atoms with van der Waals surface area (Å²) in [6.07, 6.45) is 1.76. The Labute approximate surface area is 56.5 Å². The molecule has 0 spiro atoms. The van der Waals surface area contributed by atoms with Gasteiger partial charge in [-0.05, 0) is 5.41 Å². The van der Waals surface area contributed by atoms with Crippen LogP contribution in [0, 0.1) is 6.58 Å². The highest BCUT2D eigenvalue weighted by atomic mass is 32.2. The molecule has 0 saturated heterocycles. The number of aromatic nitrogens is 1. The summed E-state index contributed by atoms with van der Waals surface area (Å²) in [4.78, 5) is 3.98. The third kappa shape index (κ3) is 1.35. The highest BCUT2D eigenvalue weighted by Gasteiger charge is 1.87. The van der Waals surface area contributed by atoms with E-state index in [2.05, 4.69) is 4.98 Å². The summed E-state index contributed by atoms with van der Waals surface area (Å²) < 4.78 is 0.993. The second-order valence-electron chi connectivity index (χ2n) is 1.05. The maximum absolute atomic E-state index is 5.12. The molecule has 1 rings (SSSR count). The molecular weight excluding hydrogens is 138 g/mol. The first-order valence-corrected chi connectivity index (χ1v) is 3.79. The fourth-order valence-electron chi connectivity index (χ4n) is 0.327. The quantitative estimate of drug-likeness (QED) is 0.587. The van der Waals surface area contributed by atoms with Gasteiger partial charge >= 0.3 is 0 Å². The van der Waals surface area contributed by atoms with Crippen LogP contribution in [0.25, 0.3) is 0 Å². The molecule has 0 unspecified atom stereocenters. The number of nitrogens with zero attached hydrogens (tertiary/aromatic N) is 1. The molecule has 1 radical (unpaired) electrons. The number of thioether (sulfide) groups is 1. The molecular formula is C5H4NS2. The average Bonchev–Trinajstić information content (AvgIpc) is 2.19. The van der Waals surface area contributed by atoms with Crippen molar-refractivity contribution in [3.8, 4) is 0 Å². The minimum atomic E-state index is 0.993. The molecule has 1 heterocycles.